The molecule has 1 aliphatic rings. The molecule has 16 heavy (non-hydrogen) atoms. The van der Waals surface area contributed by atoms with E-state index in [0.717, 1.165) is 31.6 Å². The normalized spacial score (nSPS) is 19.8. The standard InChI is InChI=1S/C12H19N3O/c1-9(16)10-4-6-15(7-5-10)11-2-3-12(13)14-8-11/h2-3,8-10,16H,4-7H2,1H3,(H2,13,14). The van der Waals surface area contributed by atoms with Crippen LogP contribution >= 0.6 is 0 Å². The number of anilines is 2. The van der Waals surface area contributed by atoms with Gasteiger partial charge in [-0.3, -0.25) is 0 Å². The fourth-order valence-electron chi connectivity index (χ4n) is 2.22. The van der Waals surface area contributed by atoms with Crippen molar-refractivity contribution in [2.45, 2.75) is 25.9 Å². The molecule has 4 heteroatoms. The van der Waals surface area contributed by atoms with Crippen molar-refractivity contribution in [2.75, 3.05) is 23.7 Å². The third-order valence-corrected chi connectivity index (χ3v) is 3.36. The van der Waals surface area contributed by atoms with Crippen LogP contribution in [0.1, 0.15) is 19.8 Å². The van der Waals surface area contributed by atoms with Crippen molar-refractivity contribution in [1.29, 1.82) is 0 Å². The minimum absolute atomic E-state index is 0.188. The van der Waals surface area contributed by atoms with Crippen molar-refractivity contribution in [3.8, 4) is 0 Å². The van der Waals surface area contributed by atoms with Gasteiger partial charge in [0.2, 0.25) is 0 Å². The van der Waals surface area contributed by atoms with Crippen LogP contribution in [0, 0.1) is 5.92 Å². The van der Waals surface area contributed by atoms with E-state index in [0.29, 0.717) is 11.7 Å². The summed E-state index contributed by atoms with van der Waals surface area (Å²) in [5.74, 6) is 1.00. The van der Waals surface area contributed by atoms with Crippen LogP contribution < -0.4 is 10.6 Å². The molecule has 0 bridgehead atoms. The number of nitrogens with zero attached hydrogens (tertiary/aromatic N) is 2. The second-order valence-electron chi connectivity index (χ2n) is 4.51. The first-order valence-electron chi connectivity index (χ1n) is 5.81. The number of aliphatic hydroxyl groups is 1. The zero-order valence-corrected chi connectivity index (χ0v) is 9.63. The van der Waals surface area contributed by atoms with Crippen LogP contribution in [0.2, 0.25) is 0 Å². The van der Waals surface area contributed by atoms with Crippen molar-refractivity contribution >= 4 is 11.5 Å². The Morgan fingerprint density at radius 3 is 2.62 bits per heavy atom. The van der Waals surface area contributed by atoms with Crippen LogP contribution in [-0.2, 0) is 0 Å². The monoisotopic (exact) mass is 221 g/mol. The van der Waals surface area contributed by atoms with Crippen molar-refractivity contribution in [1.82, 2.24) is 4.98 Å². The van der Waals surface area contributed by atoms with E-state index >= 15 is 0 Å². The van der Waals surface area contributed by atoms with E-state index in [1.54, 1.807) is 0 Å². The highest BCUT2D eigenvalue weighted by Crippen LogP contribution is 2.24. The molecule has 0 radical (unpaired) electrons. The molecule has 3 N–H and O–H groups in total. The Kier molecular flexibility index (Phi) is 3.29. The van der Waals surface area contributed by atoms with Crippen LogP contribution in [0.5, 0.6) is 0 Å². The zero-order valence-electron chi connectivity index (χ0n) is 9.63. The molecule has 0 amide bonds. The zero-order chi connectivity index (χ0) is 11.5. The third-order valence-electron chi connectivity index (χ3n) is 3.36. The molecule has 1 atom stereocenters. The Morgan fingerprint density at radius 1 is 1.44 bits per heavy atom. The molecule has 1 unspecified atom stereocenters. The summed E-state index contributed by atoms with van der Waals surface area (Å²) in [6, 6.07) is 3.83. The minimum atomic E-state index is -0.188. The number of nitrogen functional groups attached to an aromatic ring is 1. The summed E-state index contributed by atoms with van der Waals surface area (Å²) in [7, 11) is 0. The van der Waals surface area contributed by atoms with Crippen LogP contribution in [-0.4, -0.2) is 29.3 Å². The van der Waals surface area contributed by atoms with Gasteiger partial charge in [0.05, 0.1) is 18.0 Å². The minimum Gasteiger partial charge on any atom is -0.393 e. The van der Waals surface area contributed by atoms with Crippen molar-refractivity contribution in [2.24, 2.45) is 5.92 Å². The summed E-state index contributed by atoms with van der Waals surface area (Å²) in [4.78, 5) is 6.39. The first-order valence-corrected chi connectivity index (χ1v) is 5.81. The molecule has 0 aromatic carbocycles. The van der Waals surface area contributed by atoms with Gasteiger partial charge in [0.25, 0.3) is 0 Å². The first kappa shape index (κ1) is 11.2. The van der Waals surface area contributed by atoms with Gasteiger partial charge in [-0.2, -0.15) is 0 Å². The maximum atomic E-state index is 9.52. The fraction of sp³-hybridized carbons (Fsp3) is 0.583. The van der Waals surface area contributed by atoms with Crippen molar-refractivity contribution < 1.29 is 5.11 Å². The van der Waals surface area contributed by atoms with E-state index in [-0.39, 0.29) is 6.10 Å². The van der Waals surface area contributed by atoms with Crippen molar-refractivity contribution in [3.05, 3.63) is 18.3 Å². The third kappa shape index (κ3) is 2.44. The number of aliphatic hydroxyl groups excluding tert-OH is 1. The van der Waals surface area contributed by atoms with Crippen molar-refractivity contribution in [3.63, 3.8) is 0 Å². The quantitative estimate of drug-likeness (QED) is 0.789. The average molecular weight is 221 g/mol. The lowest BCUT2D eigenvalue weighted by Gasteiger charge is -2.34. The number of rotatable bonds is 2. The van der Waals surface area contributed by atoms with Gasteiger partial charge in [-0.1, -0.05) is 0 Å². The summed E-state index contributed by atoms with van der Waals surface area (Å²) >= 11 is 0. The lowest BCUT2D eigenvalue weighted by atomic mass is 9.92. The summed E-state index contributed by atoms with van der Waals surface area (Å²) < 4.78 is 0. The SMILES string of the molecule is CC(O)C1CCN(c2ccc(N)nc2)CC1. The molecule has 2 rings (SSSR count). The number of hydrogen-bond donors (Lipinski definition) is 2. The van der Waals surface area contributed by atoms with E-state index in [9.17, 15) is 5.11 Å². The fourth-order valence-corrected chi connectivity index (χ4v) is 2.22. The van der Waals surface area contributed by atoms with Crippen LogP contribution in [0.15, 0.2) is 18.3 Å². The largest absolute Gasteiger partial charge is 0.393 e. The summed E-state index contributed by atoms with van der Waals surface area (Å²) in [5, 5.41) is 9.52. The molecular weight excluding hydrogens is 202 g/mol. The molecule has 1 aliphatic heterocycles. The molecule has 2 heterocycles. The van der Waals surface area contributed by atoms with Crippen LogP contribution in [0.3, 0.4) is 0 Å². The van der Waals surface area contributed by atoms with Crippen LogP contribution in [0.4, 0.5) is 11.5 Å². The van der Waals surface area contributed by atoms with E-state index in [1.807, 2.05) is 25.3 Å². The Balaban J connectivity index is 1.96. The number of nitrogens with two attached hydrogens (primary N) is 1. The molecule has 0 saturated carbocycles. The van der Waals surface area contributed by atoms with Gasteiger partial charge in [-0.15, -0.1) is 0 Å². The topological polar surface area (TPSA) is 62.4 Å². The van der Waals surface area contributed by atoms with E-state index in [2.05, 4.69) is 9.88 Å². The van der Waals surface area contributed by atoms with Gasteiger partial charge < -0.3 is 15.7 Å². The number of pyridine rings is 1. The predicted octanol–water partition coefficient (Wildman–Crippen LogP) is 1.26. The van der Waals surface area contributed by atoms with Gasteiger partial charge in [-0.05, 0) is 37.8 Å². The smallest absolute Gasteiger partial charge is 0.123 e. The first-order chi connectivity index (χ1) is 7.66. The number of aromatic nitrogens is 1. The summed E-state index contributed by atoms with van der Waals surface area (Å²) in [6.45, 7) is 3.85. The molecule has 4 nitrogen and oxygen atoms in total. The highest BCUT2D eigenvalue weighted by atomic mass is 16.3. The molecule has 0 aliphatic carbocycles. The van der Waals surface area contributed by atoms with Gasteiger partial charge in [0, 0.05) is 13.1 Å². The second-order valence-corrected chi connectivity index (χ2v) is 4.51. The highest BCUT2D eigenvalue weighted by molar-refractivity contribution is 5.48. The molecule has 0 spiro atoms. The highest BCUT2D eigenvalue weighted by Gasteiger charge is 2.22. The van der Waals surface area contributed by atoms with Gasteiger partial charge in [0.1, 0.15) is 5.82 Å². The molecular formula is C12H19N3O. The molecule has 1 aromatic heterocycles. The summed E-state index contributed by atoms with van der Waals surface area (Å²) in [5.41, 5.74) is 6.68. The predicted molar refractivity (Wildman–Crippen MR) is 65.3 cm³/mol. The molecule has 1 fully saturated rings. The molecule has 1 aromatic rings. The molecule has 88 valence electrons. The Morgan fingerprint density at radius 2 is 2.12 bits per heavy atom. The Bertz CT molecular complexity index is 329. The number of piperidine rings is 1. The van der Waals surface area contributed by atoms with Crippen LogP contribution in [0.25, 0.3) is 0 Å². The summed E-state index contributed by atoms with van der Waals surface area (Å²) in [6.07, 6.45) is 3.72. The van der Waals surface area contributed by atoms with Gasteiger partial charge in [0.15, 0.2) is 0 Å². The van der Waals surface area contributed by atoms with E-state index in [1.165, 1.54) is 0 Å². The Labute approximate surface area is 96.1 Å². The molecule has 1 saturated heterocycles. The van der Waals surface area contributed by atoms with Gasteiger partial charge >= 0.3 is 0 Å². The van der Waals surface area contributed by atoms with E-state index in [4.69, 9.17) is 5.73 Å². The number of hydrogen-bond acceptors (Lipinski definition) is 4. The maximum absolute atomic E-state index is 9.52. The van der Waals surface area contributed by atoms with Gasteiger partial charge in [-0.25, -0.2) is 4.98 Å². The lowest BCUT2D eigenvalue weighted by Crippen LogP contribution is -2.37. The van der Waals surface area contributed by atoms with E-state index < -0.39 is 0 Å². The maximum Gasteiger partial charge on any atom is 0.123 e. The lowest BCUT2D eigenvalue weighted by molar-refractivity contribution is 0.110. The Hall–Kier alpha value is -1.29. The second kappa shape index (κ2) is 4.70. The average Bonchev–Trinajstić information content (AvgIpc) is 2.30.